The molecule has 2 saturated heterocycles. The second-order valence-corrected chi connectivity index (χ2v) is 6.82. The standard InChI is InChI=1S/C12H12N2O.C8H4O6/c13-9-1-5-11(6-2-9)15-12-7-3-10(14)4-8-12;9-5-1-2(6(10)13-5)4-3(1)7(11)14-8(4)12/h1-8H,13-14H2;1-4H. The van der Waals surface area contributed by atoms with Gasteiger partial charge in [0, 0.05) is 11.4 Å². The molecular weight excluding hydrogens is 380 g/mol. The first-order valence-corrected chi connectivity index (χ1v) is 8.75. The number of ether oxygens (including phenoxy) is 3. The number of fused-ring (bicyclic) bond motifs is 4. The van der Waals surface area contributed by atoms with E-state index in [-0.39, 0.29) is 0 Å². The Morgan fingerprint density at radius 1 is 0.552 bits per heavy atom. The zero-order chi connectivity index (χ0) is 20.7. The number of anilines is 2. The van der Waals surface area contributed by atoms with Gasteiger partial charge in [-0.3, -0.25) is 19.2 Å². The minimum Gasteiger partial charge on any atom is -0.457 e. The van der Waals surface area contributed by atoms with Gasteiger partial charge < -0.3 is 25.7 Å². The molecule has 0 unspecified atom stereocenters. The first kappa shape index (κ1) is 18.5. The number of esters is 4. The Hall–Kier alpha value is -3.88. The van der Waals surface area contributed by atoms with Crippen LogP contribution < -0.4 is 16.2 Å². The van der Waals surface area contributed by atoms with Gasteiger partial charge in [-0.25, -0.2) is 0 Å². The van der Waals surface area contributed by atoms with Crippen molar-refractivity contribution in [2.75, 3.05) is 11.5 Å². The normalized spacial score (nSPS) is 26.3. The number of carbonyl (C=O) groups excluding carboxylic acids is 4. The Morgan fingerprint density at radius 2 is 0.828 bits per heavy atom. The molecule has 3 fully saturated rings. The Labute approximate surface area is 164 Å². The summed E-state index contributed by atoms with van der Waals surface area (Å²) >= 11 is 0. The van der Waals surface area contributed by atoms with E-state index in [9.17, 15) is 19.2 Å². The second-order valence-electron chi connectivity index (χ2n) is 6.82. The van der Waals surface area contributed by atoms with Gasteiger partial charge in [0.25, 0.3) is 0 Å². The quantitative estimate of drug-likeness (QED) is 0.435. The number of cyclic esters (lactones) is 4. The van der Waals surface area contributed by atoms with Crippen molar-refractivity contribution in [2.45, 2.75) is 0 Å². The lowest BCUT2D eigenvalue weighted by Gasteiger charge is -2.33. The summed E-state index contributed by atoms with van der Waals surface area (Å²) in [7, 11) is 0. The van der Waals surface area contributed by atoms with Crippen LogP contribution in [0.1, 0.15) is 0 Å². The molecule has 0 radical (unpaired) electrons. The minimum absolute atomic E-state index is 0.715. The van der Waals surface area contributed by atoms with Gasteiger partial charge in [-0.1, -0.05) is 0 Å². The van der Waals surface area contributed by atoms with E-state index >= 15 is 0 Å². The second kappa shape index (κ2) is 6.93. The van der Waals surface area contributed by atoms with Crippen LogP contribution in [0.4, 0.5) is 11.4 Å². The van der Waals surface area contributed by atoms with Crippen molar-refractivity contribution in [2.24, 2.45) is 23.7 Å². The first-order valence-electron chi connectivity index (χ1n) is 8.75. The van der Waals surface area contributed by atoms with Crippen molar-refractivity contribution in [3.05, 3.63) is 48.5 Å². The fourth-order valence-corrected chi connectivity index (χ4v) is 3.60. The third-order valence-corrected chi connectivity index (χ3v) is 5.03. The molecule has 4 N–H and O–H groups in total. The molecule has 1 saturated carbocycles. The van der Waals surface area contributed by atoms with Crippen LogP contribution in [0.2, 0.25) is 0 Å². The highest BCUT2D eigenvalue weighted by Gasteiger charge is 2.72. The van der Waals surface area contributed by atoms with Gasteiger partial charge in [0.05, 0.1) is 23.7 Å². The Kier molecular flexibility index (Phi) is 4.42. The maximum atomic E-state index is 11.1. The van der Waals surface area contributed by atoms with Gasteiger partial charge in [0.15, 0.2) is 0 Å². The number of carbonyl (C=O) groups is 4. The van der Waals surface area contributed by atoms with E-state index in [1.807, 2.05) is 24.3 Å². The molecule has 0 bridgehead atoms. The van der Waals surface area contributed by atoms with Crippen LogP contribution in [-0.2, 0) is 28.7 Å². The van der Waals surface area contributed by atoms with E-state index in [0.717, 1.165) is 22.9 Å². The highest BCUT2D eigenvalue weighted by Crippen LogP contribution is 2.54. The number of nitrogens with two attached hydrogens (primary N) is 2. The highest BCUT2D eigenvalue weighted by atomic mass is 16.6. The summed E-state index contributed by atoms with van der Waals surface area (Å²) < 4.78 is 14.3. The molecule has 0 spiro atoms. The molecule has 9 nitrogen and oxygen atoms in total. The summed E-state index contributed by atoms with van der Waals surface area (Å²) in [5.41, 5.74) is 12.6. The highest BCUT2D eigenvalue weighted by molar-refractivity contribution is 6.10. The lowest BCUT2D eigenvalue weighted by atomic mass is 9.59. The van der Waals surface area contributed by atoms with Gasteiger partial charge in [0.1, 0.15) is 11.5 Å². The molecule has 2 heterocycles. The van der Waals surface area contributed by atoms with E-state index in [2.05, 4.69) is 9.47 Å². The van der Waals surface area contributed by atoms with Gasteiger partial charge >= 0.3 is 23.9 Å². The third-order valence-electron chi connectivity index (χ3n) is 5.03. The van der Waals surface area contributed by atoms with Gasteiger partial charge in [-0.15, -0.1) is 0 Å². The minimum atomic E-state index is -0.786. The van der Waals surface area contributed by atoms with E-state index < -0.39 is 47.5 Å². The van der Waals surface area contributed by atoms with E-state index in [0.29, 0.717) is 0 Å². The predicted molar refractivity (Wildman–Crippen MR) is 97.9 cm³/mol. The molecular formula is C20H16N2O7. The average Bonchev–Trinajstić information content (AvgIpc) is 3.01. The molecule has 148 valence electrons. The monoisotopic (exact) mass is 396 g/mol. The zero-order valence-corrected chi connectivity index (χ0v) is 14.9. The largest absolute Gasteiger partial charge is 0.457 e. The van der Waals surface area contributed by atoms with Crippen LogP contribution in [-0.4, -0.2) is 23.9 Å². The van der Waals surface area contributed by atoms with Crippen molar-refractivity contribution in [3.63, 3.8) is 0 Å². The first-order chi connectivity index (χ1) is 13.8. The third kappa shape index (κ3) is 3.27. The lowest BCUT2D eigenvalue weighted by Crippen LogP contribution is -2.50. The van der Waals surface area contributed by atoms with E-state index in [1.54, 1.807) is 24.3 Å². The molecule has 1 aliphatic carbocycles. The maximum Gasteiger partial charge on any atom is 0.318 e. The Bertz CT molecular complexity index is 875. The van der Waals surface area contributed by atoms with Gasteiger partial charge in [-0.05, 0) is 48.5 Å². The summed E-state index contributed by atoms with van der Waals surface area (Å²) in [6.07, 6.45) is 0. The fourth-order valence-electron chi connectivity index (χ4n) is 3.60. The number of rotatable bonds is 2. The van der Waals surface area contributed by atoms with Crippen LogP contribution in [0.3, 0.4) is 0 Å². The summed E-state index contributed by atoms with van der Waals surface area (Å²) in [5.74, 6) is -4.49. The molecule has 0 atom stereocenters. The molecule has 2 aromatic rings. The molecule has 5 rings (SSSR count). The Morgan fingerprint density at radius 3 is 1.10 bits per heavy atom. The van der Waals surface area contributed by atoms with Crippen molar-refractivity contribution in [1.82, 2.24) is 0 Å². The Balaban J connectivity index is 0.000000141. The van der Waals surface area contributed by atoms with Crippen molar-refractivity contribution >= 4 is 35.3 Å². The maximum absolute atomic E-state index is 11.1. The van der Waals surface area contributed by atoms with E-state index in [4.69, 9.17) is 16.2 Å². The number of hydrogen-bond acceptors (Lipinski definition) is 9. The molecule has 29 heavy (non-hydrogen) atoms. The molecule has 2 aromatic carbocycles. The zero-order valence-electron chi connectivity index (χ0n) is 14.9. The smallest absolute Gasteiger partial charge is 0.318 e. The molecule has 3 aliphatic rings. The topological polar surface area (TPSA) is 148 Å². The van der Waals surface area contributed by atoms with Crippen LogP contribution in [0.25, 0.3) is 0 Å². The number of hydrogen-bond donors (Lipinski definition) is 2. The molecule has 0 aromatic heterocycles. The summed E-state index contributed by atoms with van der Waals surface area (Å²) in [6, 6.07) is 14.5. The van der Waals surface area contributed by atoms with Crippen molar-refractivity contribution in [3.8, 4) is 11.5 Å². The molecule has 0 amide bonds. The summed E-state index contributed by atoms with van der Waals surface area (Å²) in [6.45, 7) is 0. The van der Waals surface area contributed by atoms with Crippen molar-refractivity contribution < 1.29 is 33.4 Å². The van der Waals surface area contributed by atoms with Gasteiger partial charge in [0.2, 0.25) is 0 Å². The fraction of sp³-hybridized carbons (Fsp3) is 0.200. The SMILES string of the molecule is Nc1ccc(Oc2ccc(N)cc2)cc1.O=C1OC(=O)C2C1C1C(=O)OC(=O)C21. The molecule has 2 aliphatic heterocycles. The average molecular weight is 396 g/mol. The summed E-state index contributed by atoms with van der Waals surface area (Å²) in [5, 5.41) is 0. The van der Waals surface area contributed by atoms with E-state index in [1.165, 1.54) is 0 Å². The van der Waals surface area contributed by atoms with Crippen LogP contribution in [0.5, 0.6) is 11.5 Å². The predicted octanol–water partition coefficient (Wildman–Crippen LogP) is 1.27. The van der Waals surface area contributed by atoms with Crippen LogP contribution in [0.15, 0.2) is 48.5 Å². The molecule has 9 heteroatoms. The van der Waals surface area contributed by atoms with Crippen molar-refractivity contribution in [1.29, 1.82) is 0 Å². The summed E-state index contributed by atoms with van der Waals surface area (Å²) in [4.78, 5) is 44.3. The number of nitrogen functional groups attached to an aromatic ring is 2. The van der Waals surface area contributed by atoms with Crippen LogP contribution in [0, 0.1) is 23.7 Å². The number of benzene rings is 2. The van der Waals surface area contributed by atoms with Gasteiger partial charge in [-0.2, -0.15) is 0 Å². The van der Waals surface area contributed by atoms with Crippen LogP contribution >= 0.6 is 0 Å². The lowest BCUT2D eigenvalue weighted by molar-refractivity contribution is -0.158.